The molecule has 1 N–H and O–H groups in total. The Balaban J connectivity index is 1.77. The number of aromatic nitrogens is 3. The molecule has 0 unspecified atom stereocenters. The van der Waals surface area contributed by atoms with Gasteiger partial charge in [-0.2, -0.15) is 9.97 Å². The zero-order valence-corrected chi connectivity index (χ0v) is 17.5. The Bertz CT molecular complexity index is 1180. The van der Waals surface area contributed by atoms with Crippen LogP contribution in [0.2, 0.25) is 0 Å². The van der Waals surface area contributed by atoms with Gasteiger partial charge in [-0.15, -0.1) is 0 Å². The van der Waals surface area contributed by atoms with Crippen molar-refractivity contribution >= 4 is 16.7 Å². The highest BCUT2D eigenvalue weighted by molar-refractivity contribution is 5.88. The first-order valence-electron chi connectivity index (χ1n) is 10.0. The van der Waals surface area contributed by atoms with Crippen LogP contribution in [0.15, 0.2) is 35.3 Å². The molecule has 170 valence electrons. The van der Waals surface area contributed by atoms with Crippen LogP contribution in [0, 0.1) is 5.82 Å². The smallest absolute Gasteiger partial charge is 0.318 e. The molecule has 32 heavy (non-hydrogen) atoms. The third-order valence-electron chi connectivity index (χ3n) is 5.28. The molecule has 3 aromatic rings. The van der Waals surface area contributed by atoms with E-state index in [4.69, 9.17) is 9.47 Å². The van der Waals surface area contributed by atoms with Crippen LogP contribution in [0.3, 0.4) is 0 Å². The number of methoxy groups -OCH3 is 1. The van der Waals surface area contributed by atoms with Crippen LogP contribution in [0.1, 0.15) is 30.5 Å². The third kappa shape index (κ3) is 4.20. The Kier molecular flexibility index (Phi) is 6.17. The average molecular weight is 449 g/mol. The summed E-state index contributed by atoms with van der Waals surface area (Å²) in [6.07, 6.45) is -1.33. The molecule has 3 heterocycles. The van der Waals surface area contributed by atoms with Gasteiger partial charge < -0.3 is 19.8 Å². The van der Waals surface area contributed by atoms with E-state index in [0.717, 1.165) is 6.07 Å². The molecule has 0 aliphatic carbocycles. The van der Waals surface area contributed by atoms with Crippen molar-refractivity contribution in [2.24, 2.45) is 0 Å². The minimum absolute atomic E-state index is 0.0116. The molecule has 0 amide bonds. The van der Waals surface area contributed by atoms with Crippen molar-refractivity contribution in [2.45, 2.75) is 19.4 Å². The van der Waals surface area contributed by atoms with Gasteiger partial charge in [0.2, 0.25) is 0 Å². The number of hydrogen-bond acceptors (Lipinski definition) is 7. The van der Waals surface area contributed by atoms with Gasteiger partial charge in [-0.3, -0.25) is 4.79 Å². The third-order valence-corrected chi connectivity index (χ3v) is 5.28. The number of anilines is 1. The first-order valence-corrected chi connectivity index (χ1v) is 10.0. The highest BCUT2D eigenvalue weighted by atomic mass is 19.3. The molecule has 1 aliphatic heterocycles. The lowest BCUT2D eigenvalue weighted by Crippen LogP contribution is -2.48. The number of benzene rings is 1. The van der Waals surface area contributed by atoms with E-state index in [1.165, 1.54) is 30.0 Å². The maximum atomic E-state index is 14.7. The van der Waals surface area contributed by atoms with Crippen LogP contribution >= 0.6 is 0 Å². The van der Waals surface area contributed by atoms with Gasteiger partial charge in [0.15, 0.2) is 0 Å². The first kappa shape index (κ1) is 21.9. The maximum Gasteiger partial charge on any atom is 0.318 e. The fourth-order valence-corrected chi connectivity index (χ4v) is 3.62. The summed E-state index contributed by atoms with van der Waals surface area (Å²) in [7, 11) is 1.38. The van der Waals surface area contributed by atoms with E-state index in [-0.39, 0.29) is 23.0 Å². The molecular formula is C21H22F3N5O3. The van der Waals surface area contributed by atoms with Gasteiger partial charge in [-0.25, -0.2) is 17.8 Å². The number of hydrogen-bond donors (Lipinski definition) is 1. The van der Waals surface area contributed by atoms with E-state index >= 15 is 0 Å². The summed E-state index contributed by atoms with van der Waals surface area (Å²) in [6.45, 7) is 3.68. The van der Waals surface area contributed by atoms with Crippen LogP contribution in [0.4, 0.5) is 19.0 Å². The quantitative estimate of drug-likeness (QED) is 0.620. The van der Waals surface area contributed by atoms with Crippen LogP contribution in [0.5, 0.6) is 6.01 Å². The summed E-state index contributed by atoms with van der Waals surface area (Å²) < 4.78 is 52.8. The van der Waals surface area contributed by atoms with Crippen molar-refractivity contribution in [3.8, 4) is 6.01 Å². The number of nitrogens with zero attached hydrogens (tertiary/aromatic N) is 4. The number of pyridine rings is 1. The molecule has 1 aromatic carbocycles. The predicted molar refractivity (Wildman–Crippen MR) is 113 cm³/mol. The fourth-order valence-electron chi connectivity index (χ4n) is 3.62. The van der Waals surface area contributed by atoms with E-state index in [1.54, 1.807) is 13.1 Å². The van der Waals surface area contributed by atoms with Crippen molar-refractivity contribution in [1.82, 2.24) is 14.6 Å². The zero-order chi connectivity index (χ0) is 22.8. The van der Waals surface area contributed by atoms with Gasteiger partial charge in [0.25, 0.3) is 12.0 Å². The molecule has 1 saturated heterocycles. The highest BCUT2D eigenvalue weighted by Gasteiger charge is 2.21. The standard InChI is InChI=1S/C21H22F3N5O3/c1-12(13-4-3-5-14(18(13)22)19(23)24)25-20-15-11-29(28-6-8-32-9-7-28)17(30)10-16(15)26-21(27-20)31-2/h3-5,10-12,19H,6-9H2,1-2H3,(H,25,26,27)/t12-/m1/s1. The van der Waals surface area contributed by atoms with Crippen molar-refractivity contribution in [3.63, 3.8) is 0 Å². The number of halogens is 3. The molecule has 1 atom stereocenters. The van der Waals surface area contributed by atoms with Gasteiger partial charge >= 0.3 is 6.01 Å². The van der Waals surface area contributed by atoms with Crippen LogP contribution in [0.25, 0.3) is 10.9 Å². The van der Waals surface area contributed by atoms with Gasteiger partial charge in [0.1, 0.15) is 11.6 Å². The SMILES string of the molecule is COc1nc(N[C@H](C)c2cccc(C(F)F)c2F)c2cn(N3CCOCC3)c(=O)cc2n1. The Morgan fingerprint density at radius 2 is 1.91 bits per heavy atom. The van der Waals surface area contributed by atoms with Gasteiger partial charge in [-0.05, 0) is 6.92 Å². The summed E-state index contributed by atoms with van der Waals surface area (Å²) in [5, 5.41) is 5.39. The Hall–Kier alpha value is -3.34. The Labute approximate surface area is 181 Å². The molecule has 0 spiro atoms. The summed E-state index contributed by atoms with van der Waals surface area (Å²) in [5.74, 6) is -0.693. The lowest BCUT2D eigenvalue weighted by molar-refractivity contribution is 0.111. The lowest BCUT2D eigenvalue weighted by atomic mass is 10.0. The van der Waals surface area contributed by atoms with E-state index in [1.807, 2.05) is 5.01 Å². The Morgan fingerprint density at radius 1 is 1.19 bits per heavy atom. The van der Waals surface area contributed by atoms with Crippen LogP contribution < -0.4 is 20.6 Å². The molecule has 11 heteroatoms. The zero-order valence-electron chi connectivity index (χ0n) is 17.5. The van der Waals surface area contributed by atoms with E-state index < -0.39 is 23.8 Å². The van der Waals surface area contributed by atoms with Crippen molar-refractivity contribution in [3.05, 3.63) is 57.8 Å². The number of morpholine rings is 1. The lowest BCUT2D eigenvalue weighted by Gasteiger charge is -2.30. The number of rotatable bonds is 6. The van der Waals surface area contributed by atoms with Gasteiger partial charge in [0, 0.05) is 17.8 Å². The minimum atomic E-state index is -2.93. The molecule has 1 aliphatic rings. The summed E-state index contributed by atoms with van der Waals surface area (Å²) in [5.41, 5.74) is -0.546. The second-order valence-corrected chi connectivity index (χ2v) is 7.30. The second-order valence-electron chi connectivity index (χ2n) is 7.30. The maximum absolute atomic E-state index is 14.7. The number of alkyl halides is 2. The molecule has 0 bridgehead atoms. The average Bonchev–Trinajstić information content (AvgIpc) is 2.78. The monoisotopic (exact) mass is 449 g/mol. The van der Waals surface area contributed by atoms with E-state index in [2.05, 4.69) is 15.3 Å². The fraction of sp³-hybridized carbons (Fsp3) is 0.381. The summed E-state index contributed by atoms with van der Waals surface area (Å²) in [6, 6.07) is 4.54. The largest absolute Gasteiger partial charge is 0.467 e. The predicted octanol–water partition coefficient (Wildman–Crippen LogP) is 3.02. The summed E-state index contributed by atoms with van der Waals surface area (Å²) >= 11 is 0. The second kappa shape index (κ2) is 9.03. The van der Waals surface area contributed by atoms with E-state index in [9.17, 15) is 18.0 Å². The Morgan fingerprint density at radius 3 is 2.59 bits per heavy atom. The normalized spacial score (nSPS) is 15.2. The number of fused-ring (bicyclic) bond motifs is 1. The van der Waals surface area contributed by atoms with Crippen LogP contribution in [-0.4, -0.2) is 48.1 Å². The molecule has 4 rings (SSSR count). The van der Waals surface area contributed by atoms with Crippen molar-refractivity contribution < 1.29 is 22.6 Å². The highest BCUT2D eigenvalue weighted by Crippen LogP contribution is 2.30. The first-order chi connectivity index (χ1) is 15.4. The van der Waals surface area contributed by atoms with Crippen molar-refractivity contribution in [2.75, 3.05) is 43.7 Å². The molecular weight excluding hydrogens is 427 g/mol. The minimum Gasteiger partial charge on any atom is -0.467 e. The molecule has 0 radical (unpaired) electrons. The van der Waals surface area contributed by atoms with Crippen LogP contribution in [-0.2, 0) is 4.74 Å². The molecule has 0 saturated carbocycles. The van der Waals surface area contributed by atoms with Gasteiger partial charge in [0.05, 0.1) is 55.9 Å². The molecule has 1 fully saturated rings. The van der Waals surface area contributed by atoms with E-state index in [0.29, 0.717) is 37.2 Å². The summed E-state index contributed by atoms with van der Waals surface area (Å²) in [4.78, 5) is 21.2. The van der Waals surface area contributed by atoms with Gasteiger partial charge in [-0.1, -0.05) is 18.2 Å². The molecule has 2 aromatic heterocycles. The number of nitrogens with one attached hydrogen (secondary N) is 1. The number of ether oxygens (including phenoxy) is 2. The topological polar surface area (TPSA) is 81.5 Å². The molecule has 8 nitrogen and oxygen atoms in total. The van der Waals surface area contributed by atoms with Crippen molar-refractivity contribution in [1.29, 1.82) is 0 Å².